The number of tetrazole rings is 1. The fraction of sp³-hybridized carbons (Fsp3) is 0.235. The summed E-state index contributed by atoms with van der Waals surface area (Å²) in [5.74, 6) is 0.850. The largest absolute Gasteiger partial charge is 0.508 e. The summed E-state index contributed by atoms with van der Waals surface area (Å²) in [6, 6.07) is 14.1. The van der Waals surface area contributed by atoms with Crippen molar-refractivity contribution in [2.75, 3.05) is 12.4 Å². The summed E-state index contributed by atoms with van der Waals surface area (Å²) in [6.07, 6.45) is -0.448. The van der Waals surface area contributed by atoms with Crippen LogP contribution in [0.3, 0.4) is 0 Å². The quantitative estimate of drug-likeness (QED) is 0.669. The molecule has 1 aliphatic rings. The molecule has 0 aliphatic carbocycles. The van der Waals surface area contributed by atoms with Gasteiger partial charge in [0, 0.05) is 16.3 Å². The Balaban J connectivity index is 1.37. The van der Waals surface area contributed by atoms with Gasteiger partial charge in [-0.2, -0.15) is 4.68 Å². The number of hydrogen-bond acceptors (Lipinski definition) is 7. The van der Waals surface area contributed by atoms with Crippen molar-refractivity contribution in [2.45, 2.75) is 17.6 Å². The van der Waals surface area contributed by atoms with E-state index in [-0.39, 0.29) is 18.1 Å². The summed E-state index contributed by atoms with van der Waals surface area (Å²) < 4.78 is 13.3. The van der Waals surface area contributed by atoms with Crippen LogP contribution >= 0.6 is 23.4 Å². The molecule has 1 saturated heterocycles. The topological polar surface area (TPSA) is 82.3 Å². The van der Waals surface area contributed by atoms with E-state index in [0.29, 0.717) is 22.5 Å². The van der Waals surface area contributed by atoms with E-state index in [1.807, 2.05) is 24.3 Å². The minimum Gasteiger partial charge on any atom is -0.508 e. The summed E-state index contributed by atoms with van der Waals surface area (Å²) in [5, 5.41) is 22.5. The van der Waals surface area contributed by atoms with Gasteiger partial charge in [-0.25, -0.2) is 0 Å². The van der Waals surface area contributed by atoms with E-state index in [2.05, 4.69) is 15.5 Å². The second kappa shape index (κ2) is 7.63. The van der Waals surface area contributed by atoms with E-state index < -0.39 is 0 Å². The first-order valence-corrected chi connectivity index (χ1v) is 9.28. The van der Waals surface area contributed by atoms with Crippen LogP contribution in [-0.2, 0) is 9.47 Å². The monoisotopic (exact) mass is 390 g/mol. The van der Waals surface area contributed by atoms with Gasteiger partial charge in [-0.1, -0.05) is 35.5 Å². The molecule has 0 saturated carbocycles. The molecular weight excluding hydrogens is 376 g/mol. The third-order valence-corrected chi connectivity index (χ3v) is 5.13. The van der Waals surface area contributed by atoms with Gasteiger partial charge >= 0.3 is 0 Å². The summed E-state index contributed by atoms with van der Waals surface area (Å²) >= 11 is 7.40. The number of aromatic hydroxyl groups is 1. The Morgan fingerprint density at radius 1 is 1.15 bits per heavy atom. The van der Waals surface area contributed by atoms with E-state index in [1.54, 1.807) is 28.9 Å². The minimum absolute atomic E-state index is 0.0642. The lowest BCUT2D eigenvalue weighted by atomic mass is 10.2. The summed E-state index contributed by atoms with van der Waals surface area (Å²) in [7, 11) is 0. The highest BCUT2D eigenvalue weighted by Gasteiger charge is 2.28. The average Bonchev–Trinajstić information content (AvgIpc) is 3.30. The second-order valence-corrected chi connectivity index (χ2v) is 7.10. The van der Waals surface area contributed by atoms with Crippen LogP contribution in [0, 0.1) is 0 Å². The van der Waals surface area contributed by atoms with E-state index in [1.165, 1.54) is 11.8 Å². The predicted octanol–water partition coefficient (Wildman–Crippen LogP) is 3.23. The number of ether oxygens (including phenoxy) is 2. The number of hydrogen-bond donors (Lipinski definition) is 1. The Bertz CT molecular complexity index is 872. The van der Waals surface area contributed by atoms with E-state index in [9.17, 15) is 5.11 Å². The number of phenolic OH excluding ortho intramolecular Hbond substituents is 1. The second-order valence-electron chi connectivity index (χ2n) is 5.68. The van der Waals surface area contributed by atoms with Crippen LogP contribution < -0.4 is 0 Å². The number of benzene rings is 2. The lowest BCUT2D eigenvalue weighted by Gasteiger charge is -2.11. The van der Waals surface area contributed by atoms with Crippen LogP contribution in [0.1, 0.15) is 11.9 Å². The highest BCUT2D eigenvalue weighted by Crippen LogP contribution is 2.30. The van der Waals surface area contributed by atoms with Crippen LogP contribution in [0.25, 0.3) is 5.69 Å². The molecule has 3 aromatic rings. The Kier molecular flexibility index (Phi) is 5.07. The third-order valence-electron chi connectivity index (χ3n) is 3.83. The molecule has 1 N–H and O–H groups in total. The smallest absolute Gasteiger partial charge is 0.214 e. The van der Waals surface area contributed by atoms with Gasteiger partial charge in [0.25, 0.3) is 0 Å². The lowest BCUT2D eigenvalue weighted by molar-refractivity contribution is -0.0565. The normalized spacial score (nSPS) is 19.7. The molecule has 9 heteroatoms. The number of nitrogens with zero attached hydrogens (tertiary/aromatic N) is 4. The zero-order valence-corrected chi connectivity index (χ0v) is 15.1. The standard InChI is InChI=1S/C17H15ClN4O3S/c18-12-3-1-11(2-4-12)16-24-9-15(25-16)10-26-17-19-20-21-22(17)13-5-7-14(23)8-6-13/h1-8,15-16,23H,9-10H2. The van der Waals surface area contributed by atoms with E-state index >= 15 is 0 Å². The molecule has 2 atom stereocenters. The van der Waals surface area contributed by atoms with Crippen LogP contribution in [0.5, 0.6) is 5.75 Å². The van der Waals surface area contributed by atoms with Crippen LogP contribution in [0.2, 0.25) is 5.02 Å². The van der Waals surface area contributed by atoms with Crippen molar-refractivity contribution in [3.63, 3.8) is 0 Å². The molecule has 0 amide bonds. The maximum atomic E-state index is 9.40. The molecule has 0 bridgehead atoms. The molecular formula is C17H15ClN4O3S. The molecule has 4 rings (SSSR count). The van der Waals surface area contributed by atoms with E-state index in [4.69, 9.17) is 21.1 Å². The number of thioether (sulfide) groups is 1. The maximum absolute atomic E-state index is 9.40. The van der Waals surface area contributed by atoms with Gasteiger partial charge in [-0.3, -0.25) is 0 Å². The van der Waals surface area contributed by atoms with Gasteiger partial charge in [0.1, 0.15) is 5.75 Å². The van der Waals surface area contributed by atoms with Gasteiger partial charge in [0.05, 0.1) is 18.4 Å². The minimum atomic E-state index is -0.383. The summed E-state index contributed by atoms with van der Waals surface area (Å²) in [6.45, 7) is 0.501. The first-order chi connectivity index (χ1) is 12.7. The van der Waals surface area contributed by atoms with Crippen molar-refractivity contribution < 1.29 is 14.6 Å². The van der Waals surface area contributed by atoms with Crippen LogP contribution in [-0.4, -0.2) is 43.8 Å². The van der Waals surface area contributed by atoms with Crippen molar-refractivity contribution in [1.29, 1.82) is 0 Å². The predicted molar refractivity (Wildman–Crippen MR) is 96.6 cm³/mol. The van der Waals surface area contributed by atoms with Gasteiger partial charge < -0.3 is 14.6 Å². The average molecular weight is 391 g/mol. The van der Waals surface area contributed by atoms with E-state index in [0.717, 1.165) is 11.3 Å². The Morgan fingerprint density at radius 3 is 2.69 bits per heavy atom. The van der Waals surface area contributed by atoms with Crippen LogP contribution in [0.4, 0.5) is 0 Å². The summed E-state index contributed by atoms with van der Waals surface area (Å²) in [5.41, 5.74) is 1.72. The molecule has 0 radical (unpaired) electrons. The molecule has 2 aromatic carbocycles. The zero-order valence-electron chi connectivity index (χ0n) is 13.5. The molecule has 134 valence electrons. The highest BCUT2D eigenvalue weighted by molar-refractivity contribution is 7.99. The molecule has 7 nitrogen and oxygen atoms in total. The zero-order chi connectivity index (χ0) is 17.9. The molecule has 1 aromatic heterocycles. The number of phenols is 1. The van der Waals surface area contributed by atoms with Gasteiger partial charge in [0.2, 0.25) is 5.16 Å². The first kappa shape index (κ1) is 17.3. The fourth-order valence-corrected chi connectivity index (χ4v) is 3.52. The number of halogens is 1. The fourth-order valence-electron chi connectivity index (χ4n) is 2.52. The number of rotatable bonds is 5. The van der Waals surface area contributed by atoms with Crippen molar-refractivity contribution in [2.24, 2.45) is 0 Å². The lowest BCUT2D eigenvalue weighted by Crippen LogP contribution is -2.13. The first-order valence-electron chi connectivity index (χ1n) is 7.92. The maximum Gasteiger partial charge on any atom is 0.214 e. The molecule has 2 unspecified atom stereocenters. The molecule has 1 fully saturated rings. The Morgan fingerprint density at radius 2 is 1.92 bits per heavy atom. The third kappa shape index (κ3) is 3.83. The molecule has 0 spiro atoms. The highest BCUT2D eigenvalue weighted by atomic mass is 35.5. The van der Waals surface area contributed by atoms with Gasteiger partial charge in [-0.15, -0.1) is 5.10 Å². The Hall–Kier alpha value is -2.13. The number of aromatic nitrogens is 4. The van der Waals surface area contributed by atoms with Crippen molar-refractivity contribution >= 4 is 23.4 Å². The SMILES string of the molecule is Oc1ccc(-n2nnnc2SCC2COC(c3ccc(Cl)cc3)O2)cc1. The Labute approximate surface area is 158 Å². The molecule has 26 heavy (non-hydrogen) atoms. The van der Waals surface area contributed by atoms with Crippen molar-refractivity contribution in [3.05, 3.63) is 59.1 Å². The van der Waals surface area contributed by atoms with Gasteiger partial charge in [-0.05, 0) is 46.8 Å². The van der Waals surface area contributed by atoms with Crippen molar-refractivity contribution in [3.8, 4) is 11.4 Å². The summed E-state index contributed by atoms with van der Waals surface area (Å²) in [4.78, 5) is 0. The van der Waals surface area contributed by atoms with Crippen molar-refractivity contribution in [1.82, 2.24) is 20.2 Å². The van der Waals surface area contributed by atoms with Crippen LogP contribution in [0.15, 0.2) is 53.7 Å². The molecule has 2 heterocycles. The van der Waals surface area contributed by atoms with Gasteiger partial charge in [0.15, 0.2) is 6.29 Å². The molecule has 1 aliphatic heterocycles.